The average molecular weight is 324 g/mol. The van der Waals surface area contributed by atoms with Crippen LogP contribution in [0, 0.1) is 0 Å². The van der Waals surface area contributed by atoms with Gasteiger partial charge >= 0.3 is 17.1 Å². The van der Waals surface area contributed by atoms with Gasteiger partial charge in [0.25, 0.3) is 0 Å². The summed E-state index contributed by atoms with van der Waals surface area (Å²) in [5.41, 5.74) is 10.3. The number of carboxylic acids is 2. The number of carbonyl (C=O) groups is 2. The molecule has 0 aromatic heterocycles. The molecule has 19 heavy (non-hydrogen) atoms. The molecule has 0 fully saturated rings. The van der Waals surface area contributed by atoms with Gasteiger partial charge in [-0.1, -0.05) is 39.5 Å². The van der Waals surface area contributed by atoms with E-state index in [9.17, 15) is 19.8 Å². The molecule has 0 bridgehead atoms. The van der Waals surface area contributed by atoms with Crippen LogP contribution in [0.4, 0.5) is 0 Å². The molecule has 0 amide bonds. The molecule has 0 saturated carbocycles. The summed E-state index contributed by atoms with van der Waals surface area (Å²) in [4.78, 5) is 19.9. The van der Waals surface area contributed by atoms with Crippen molar-refractivity contribution in [3.63, 3.8) is 0 Å². The molecule has 0 aromatic carbocycles. The number of aliphatic carboxylic acids is 2. The van der Waals surface area contributed by atoms with Crippen LogP contribution in [0.15, 0.2) is 0 Å². The fraction of sp³-hybridized carbons (Fsp3) is 0.833. The van der Waals surface area contributed by atoms with Gasteiger partial charge in [-0.3, -0.25) is 0 Å². The zero-order valence-corrected chi connectivity index (χ0v) is 12.4. The van der Waals surface area contributed by atoms with E-state index < -0.39 is 24.0 Å². The van der Waals surface area contributed by atoms with Gasteiger partial charge in [0.2, 0.25) is 0 Å². The summed E-state index contributed by atoms with van der Waals surface area (Å²) >= 11 is 0. The van der Waals surface area contributed by atoms with E-state index in [2.05, 4.69) is 0 Å². The van der Waals surface area contributed by atoms with Crippen LogP contribution in [0.5, 0.6) is 0 Å². The van der Waals surface area contributed by atoms with Gasteiger partial charge in [-0.15, -0.1) is 0 Å². The summed E-state index contributed by atoms with van der Waals surface area (Å²) in [7, 11) is 0. The number of rotatable bonds is 8. The second-order valence-electron chi connectivity index (χ2n) is 4.14. The Hall–Kier alpha value is -0.621. The van der Waals surface area contributed by atoms with Crippen LogP contribution in [0.2, 0.25) is 0 Å². The summed E-state index contributed by atoms with van der Waals surface area (Å²) in [6.07, 6.45) is 4.71. The minimum atomic E-state index is -1.15. The van der Waals surface area contributed by atoms with E-state index in [4.69, 9.17) is 11.5 Å². The molecule has 0 spiro atoms. The van der Waals surface area contributed by atoms with Gasteiger partial charge in [0.15, 0.2) is 0 Å². The molecule has 2 atom stereocenters. The quantitative estimate of drug-likeness (QED) is 0.523. The Morgan fingerprint density at radius 1 is 0.895 bits per heavy atom. The van der Waals surface area contributed by atoms with Crippen LogP contribution >= 0.6 is 0 Å². The number of hydrogen-bond acceptors (Lipinski definition) is 6. The fourth-order valence-corrected chi connectivity index (χ4v) is 1.08. The third kappa shape index (κ3) is 17.4. The zero-order valence-electron chi connectivity index (χ0n) is 11.5. The maximum atomic E-state index is 9.97. The Morgan fingerprint density at radius 2 is 1.16 bits per heavy atom. The Kier molecular flexibility index (Phi) is 19.1. The van der Waals surface area contributed by atoms with E-state index in [0.717, 1.165) is 25.7 Å². The van der Waals surface area contributed by atoms with Gasteiger partial charge in [-0.2, -0.15) is 0 Å². The van der Waals surface area contributed by atoms with Crippen LogP contribution in [0.25, 0.3) is 0 Å². The second-order valence-corrected chi connectivity index (χ2v) is 4.14. The molecule has 0 aliphatic heterocycles. The summed E-state index contributed by atoms with van der Waals surface area (Å²) in [6, 6.07) is -1.55. The van der Waals surface area contributed by atoms with Crippen molar-refractivity contribution in [3.8, 4) is 0 Å². The third-order valence-electron chi connectivity index (χ3n) is 2.34. The molecule has 6 nitrogen and oxygen atoms in total. The van der Waals surface area contributed by atoms with Crippen molar-refractivity contribution in [1.29, 1.82) is 0 Å². The molecule has 0 aliphatic rings. The van der Waals surface area contributed by atoms with E-state index in [1.165, 1.54) is 0 Å². The maximum Gasteiger partial charge on any atom is 2.00 e. The van der Waals surface area contributed by atoms with Crippen LogP contribution < -0.4 is 21.7 Å². The fourth-order valence-electron chi connectivity index (χ4n) is 1.08. The van der Waals surface area contributed by atoms with Crippen molar-refractivity contribution >= 4 is 11.9 Å². The van der Waals surface area contributed by atoms with Gasteiger partial charge in [0, 0.05) is 12.1 Å². The third-order valence-corrected chi connectivity index (χ3v) is 2.34. The molecule has 0 aromatic rings. The standard InChI is InChI=1S/2C6H13NO2.Cu/c2*1-2-3-4-5(7)6(8)9;/h2*5H,2-4,7H2,1H3,(H,8,9);/q;;+2/p-2/t2*5-;/m00./s1. The number of unbranched alkanes of at least 4 members (excludes halogenated alkanes) is 2. The smallest absolute Gasteiger partial charge is 0.548 e. The van der Waals surface area contributed by atoms with E-state index in [1.54, 1.807) is 0 Å². The maximum absolute atomic E-state index is 9.97. The summed E-state index contributed by atoms with van der Waals surface area (Å²) in [6.45, 7) is 3.98. The Balaban J connectivity index is -0.000000256. The molecule has 0 aliphatic carbocycles. The van der Waals surface area contributed by atoms with Crippen LogP contribution in [0.3, 0.4) is 0 Å². The molecule has 0 heterocycles. The minimum absolute atomic E-state index is 0. The van der Waals surface area contributed by atoms with Gasteiger partial charge in [-0.25, -0.2) is 0 Å². The minimum Gasteiger partial charge on any atom is -0.548 e. The van der Waals surface area contributed by atoms with Crippen molar-refractivity contribution in [2.45, 2.75) is 64.5 Å². The molecule has 117 valence electrons. The van der Waals surface area contributed by atoms with Gasteiger partial charge in [0.05, 0.1) is 11.9 Å². The van der Waals surface area contributed by atoms with Crippen molar-refractivity contribution in [2.24, 2.45) is 11.5 Å². The Labute approximate surface area is 125 Å². The summed E-state index contributed by atoms with van der Waals surface area (Å²) in [5.74, 6) is -2.30. The number of carboxylic acid groups (broad SMARTS) is 2. The van der Waals surface area contributed by atoms with Crippen molar-refractivity contribution in [3.05, 3.63) is 0 Å². The van der Waals surface area contributed by atoms with E-state index >= 15 is 0 Å². The molecular formula is C12H24CuN2O4. The molecule has 7 heteroatoms. The first-order chi connectivity index (χ1) is 8.36. The number of nitrogens with two attached hydrogens (primary N) is 2. The van der Waals surface area contributed by atoms with E-state index in [1.807, 2.05) is 13.8 Å². The number of hydrogen-bond donors (Lipinski definition) is 2. The van der Waals surface area contributed by atoms with Crippen molar-refractivity contribution in [2.75, 3.05) is 0 Å². The Bertz CT molecular complexity index is 216. The molecule has 0 saturated heterocycles. The largest absolute Gasteiger partial charge is 2.00 e. The average Bonchev–Trinajstić information content (AvgIpc) is 2.33. The molecular weight excluding hydrogens is 300 g/mol. The van der Waals surface area contributed by atoms with Gasteiger partial charge in [-0.05, 0) is 12.8 Å². The SMILES string of the molecule is CCCC[C@H](N)C(=O)[O-].CCCC[C@H](N)C(=O)[O-].[Cu+2]. The van der Waals surface area contributed by atoms with Crippen molar-refractivity contribution in [1.82, 2.24) is 0 Å². The molecule has 0 unspecified atom stereocenters. The van der Waals surface area contributed by atoms with Gasteiger partial charge < -0.3 is 31.3 Å². The van der Waals surface area contributed by atoms with Crippen LogP contribution in [-0.2, 0) is 26.7 Å². The molecule has 4 N–H and O–H groups in total. The van der Waals surface area contributed by atoms with Crippen LogP contribution in [0.1, 0.15) is 52.4 Å². The monoisotopic (exact) mass is 323 g/mol. The normalized spacial score (nSPS) is 12.4. The predicted molar refractivity (Wildman–Crippen MR) is 65.0 cm³/mol. The first-order valence-electron chi connectivity index (χ1n) is 6.29. The molecule has 0 rings (SSSR count). The second kappa shape index (κ2) is 15.4. The van der Waals surface area contributed by atoms with Gasteiger partial charge in [0.1, 0.15) is 0 Å². The van der Waals surface area contributed by atoms with E-state index in [-0.39, 0.29) is 17.1 Å². The summed E-state index contributed by atoms with van der Waals surface area (Å²) < 4.78 is 0. The first-order valence-corrected chi connectivity index (χ1v) is 6.29. The Morgan fingerprint density at radius 3 is 1.32 bits per heavy atom. The first kappa shape index (κ1) is 23.5. The predicted octanol–water partition coefficient (Wildman–Crippen LogP) is -1.49. The number of carbonyl (C=O) groups excluding carboxylic acids is 2. The van der Waals surface area contributed by atoms with E-state index in [0.29, 0.717) is 12.8 Å². The summed E-state index contributed by atoms with van der Waals surface area (Å²) in [5, 5.41) is 19.9. The van der Waals surface area contributed by atoms with Crippen molar-refractivity contribution < 1.29 is 36.9 Å². The topological polar surface area (TPSA) is 132 Å². The zero-order chi connectivity index (χ0) is 14.6. The van der Waals surface area contributed by atoms with Crippen LogP contribution in [-0.4, -0.2) is 24.0 Å². The molecule has 1 radical (unpaired) electrons.